The normalized spacial score (nSPS) is 27.2. The minimum atomic E-state index is -0.207. The van der Waals surface area contributed by atoms with Crippen LogP contribution in [0.15, 0.2) is 24.3 Å². The molecule has 0 bridgehead atoms. The van der Waals surface area contributed by atoms with Gasteiger partial charge in [0.2, 0.25) is 0 Å². The number of nitrogens with two attached hydrogens (primary N) is 1. The van der Waals surface area contributed by atoms with E-state index in [1.54, 1.807) is 19.2 Å². The number of halogens is 1. The summed E-state index contributed by atoms with van der Waals surface area (Å²) in [7, 11) is 1.76. The molecule has 1 saturated heterocycles. The zero-order valence-electron chi connectivity index (χ0n) is 12.6. The van der Waals surface area contributed by atoms with Crippen molar-refractivity contribution in [3.8, 4) is 0 Å². The number of methoxy groups -OCH3 is 1. The summed E-state index contributed by atoms with van der Waals surface area (Å²) in [6.07, 6.45) is 1.30. The van der Waals surface area contributed by atoms with E-state index in [-0.39, 0.29) is 24.0 Å². The SMILES string of the molecule is COC1CN(C(c2cccc(F)c2)C(C)N)CCC1C. The van der Waals surface area contributed by atoms with Crippen LogP contribution in [0.3, 0.4) is 0 Å². The van der Waals surface area contributed by atoms with Gasteiger partial charge in [0, 0.05) is 25.7 Å². The van der Waals surface area contributed by atoms with Crippen LogP contribution in [0.1, 0.15) is 31.9 Å². The summed E-state index contributed by atoms with van der Waals surface area (Å²) >= 11 is 0. The Morgan fingerprint density at radius 1 is 1.45 bits per heavy atom. The first-order valence-electron chi connectivity index (χ1n) is 7.30. The Morgan fingerprint density at radius 3 is 2.80 bits per heavy atom. The maximum atomic E-state index is 13.5. The molecule has 4 heteroatoms. The first-order valence-corrected chi connectivity index (χ1v) is 7.30. The van der Waals surface area contributed by atoms with Gasteiger partial charge in [-0.05, 0) is 43.5 Å². The van der Waals surface area contributed by atoms with Gasteiger partial charge in [0.25, 0.3) is 0 Å². The highest BCUT2D eigenvalue weighted by molar-refractivity contribution is 5.22. The lowest BCUT2D eigenvalue weighted by Crippen LogP contribution is -2.49. The van der Waals surface area contributed by atoms with Gasteiger partial charge in [-0.25, -0.2) is 4.39 Å². The second-order valence-corrected chi connectivity index (χ2v) is 5.89. The van der Waals surface area contributed by atoms with Gasteiger partial charge in [0.15, 0.2) is 0 Å². The van der Waals surface area contributed by atoms with Crippen molar-refractivity contribution in [2.75, 3.05) is 20.2 Å². The fraction of sp³-hybridized carbons (Fsp3) is 0.625. The molecule has 1 aliphatic heterocycles. The van der Waals surface area contributed by atoms with E-state index in [1.807, 2.05) is 13.0 Å². The topological polar surface area (TPSA) is 38.5 Å². The third-order valence-electron chi connectivity index (χ3n) is 4.31. The monoisotopic (exact) mass is 280 g/mol. The molecule has 0 spiro atoms. The molecular weight excluding hydrogens is 255 g/mol. The van der Waals surface area contributed by atoms with Gasteiger partial charge in [0.05, 0.1) is 6.10 Å². The van der Waals surface area contributed by atoms with Crippen LogP contribution in [-0.4, -0.2) is 37.2 Å². The van der Waals surface area contributed by atoms with Gasteiger partial charge in [-0.1, -0.05) is 19.1 Å². The molecule has 0 aliphatic carbocycles. The molecule has 1 heterocycles. The maximum Gasteiger partial charge on any atom is 0.123 e. The van der Waals surface area contributed by atoms with Gasteiger partial charge in [-0.3, -0.25) is 4.90 Å². The number of likely N-dealkylation sites (tertiary alicyclic amines) is 1. The van der Waals surface area contributed by atoms with E-state index in [9.17, 15) is 4.39 Å². The third-order valence-corrected chi connectivity index (χ3v) is 4.31. The molecule has 112 valence electrons. The largest absolute Gasteiger partial charge is 0.380 e. The third kappa shape index (κ3) is 3.37. The summed E-state index contributed by atoms with van der Waals surface area (Å²) in [4.78, 5) is 2.33. The van der Waals surface area contributed by atoms with Crippen molar-refractivity contribution in [3.05, 3.63) is 35.6 Å². The quantitative estimate of drug-likeness (QED) is 0.921. The van der Waals surface area contributed by atoms with E-state index in [0.29, 0.717) is 5.92 Å². The minimum absolute atomic E-state index is 0.0378. The Kier molecular flexibility index (Phi) is 5.13. The van der Waals surface area contributed by atoms with Crippen LogP contribution >= 0.6 is 0 Å². The van der Waals surface area contributed by atoms with E-state index >= 15 is 0 Å². The minimum Gasteiger partial charge on any atom is -0.380 e. The Bertz CT molecular complexity index is 438. The lowest BCUT2D eigenvalue weighted by molar-refractivity contribution is -0.0224. The van der Waals surface area contributed by atoms with Crippen molar-refractivity contribution < 1.29 is 9.13 Å². The summed E-state index contributed by atoms with van der Waals surface area (Å²) in [5.41, 5.74) is 7.11. The van der Waals surface area contributed by atoms with Gasteiger partial charge in [-0.2, -0.15) is 0 Å². The maximum absolute atomic E-state index is 13.5. The standard InChI is InChI=1S/C16H25FN2O/c1-11-7-8-19(10-15(11)20-3)16(12(2)18)13-5-4-6-14(17)9-13/h4-6,9,11-12,15-16H,7-8,10,18H2,1-3H3. The lowest BCUT2D eigenvalue weighted by Gasteiger charge is -2.42. The number of piperidine rings is 1. The van der Waals surface area contributed by atoms with E-state index in [2.05, 4.69) is 11.8 Å². The highest BCUT2D eigenvalue weighted by Crippen LogP contribution is 2.30. The van der Waals surface area contributed by atoms with Crippen LogP contribution in [0.2, 0.25) is 0 Å². The molecule has 20 heavy (non-hydrogen) atoms. The smallest absolute Gasteiger partial charge is 0.123 e. The predicted molar refractivity (Wildman–Crippen MR) is 78.9 cm³/mol. The molecule has 1 aliphatic rings. The van der Waals surface area contributed by atoms with Crippen LogP contribution < -0.4 is 5.73 Å². The summed E-state index contributed by atoms with van der Waals surface area (Å²) in [6, 6.07) is 6.75. The Labute approximate surface area is 120 Å². The van der Waals surface area contributed by atoms with Crippen LogP contribution in [0.5, 0.6) is 0 Å². The average Bonchev–Trinajstić information content (AvgIpc) is 2.40. The highest BCUT2D eigenvalue weighted by Gasteiger charge is 2.32. The predicted octanol–water partition coefficient (Wildman–Crippen LogP) is 2.57. The summed E-state index contributed by atoms with van der Waals surface area (Å²) in [5, 5.41) is 0. The molecule has 1 aromatic carbocycles. The van der Waals surface area contributed by atoms with E-state index in [0.717, 1.165) is 25.1 Å². The summed E-state index contributed by atoms with van der Waals surface area (Å²) in [5.74, 6) is 0.347. The Balaban J connectivity index is 2.21. The zero-order valence-corrected chi connectivity index (χ0v) is 12.6. The number of hydrogen-bond acceptors (Lipinski definition) is 3. The molecule has 0 radical (unpaired) electrons. The average molecular weight is 280 g/mol. The molecule has 0 aromatic heterocycles. The number of ether oxygens (including phenoxy) is 1. The second kappa shape index (κ2) is 6.66. The molecule has 1 aromatic rings. The Morgan fingerprint density at radius 2 is 2.20 bits per heavy atom. The van der Waals surface area contributed by atoms with Gasteiger partial charge in [-0.15, -0.1) is 0 Å². The number of benzene rings is 1. The molecular formula is C16H25FN2O. The lowest BCUT2D eigenvalue weighted by atomic mass is 9.91. The molecule has 0 amide bonds. The molecule has 4 unspecified atom stereocenters. The van der Waals surface area contributed by atoms with E-state index in [1.165, 1.54) is 6.07 Å². The zero-order chi connectivity index (χ0) is 14.7. The fourth-order valence-corrected chi connectivity index (χ4v) is 3.15. The Hall–Kier alpha value is -0.970. The van der Waals surface area contributed by atoms with Gasteiger partial charge in [0.1, 0.15) is 5.82 Å². The second-order valence-electron chi connectivity index (χ2n) is 5.89. The van der Waals surface area contributed by atoms with Crippen molar-refractivity contribution in [2.24, 2.45) is 11.7 Å². The van der Waals surface area contributed by atoms with Crippen LogP contribution in [0.4, 0.5) is 4.39 Å². The van der Waals surface area contributed by atoms with Crippen molar-refractivity contribution in [1.82, 2.24) is 4.90 Å². The number of rotatable bonds is 4. The van der Waals surface area contributed by atoms with E-state index in [4.69, 9.17) is 10.5 Å². The van der Waals surface area contributed by atoms with Crippen LogP contribution in [-0.2, 0) is 4.74 Å². The van der Waals surface area contributed by atoms with Crippen LogP contribution in [0, 0.1) is 11.7 Å². The molecule has 2 rings (SSSR count). The summed E-state index contributed by atoms with van der Waals surface area (Å²) < 4.78 is 19.0. The highest BCUT2D eigenvalue weighted by atomic mass is 19.1. The number of nitrogens with zero attached hydrogens (tertiary/aromatic N) is 1. The van der Waals surface area contributed by atoms with Crippen LogP contribution in [0.25, 0.3) is 0 Å². The molecule has 4 atom stereocenters. The van der Waals surface area contributed by atoms with E-state index < -0.39 is 0 Å². The van der Waals surface area contributed by atoms with Crippen molar-refractivity contribution in [1.29, 1.82) is 0 Å². The molecule has 3 nitrogen and oxygen atoms in total. The first-order chi connectivity index (χ1) is 9.52. The van der Waals surface area contributed by atoms with Crippen molar-refractivity contribution >= 4 is 0 Å². The van der Waals surface area contributed by atoms with Gasteiger partial charge >= 0.3 is 0 Å². The molecule has 2 N–H and O–H groups in total. The fourth-order valence-electron chi connectivity index (χ4n) is 3.15. The number of hydrogen-bond donors (Lipinski definition) is 1. The molecule has 1 fully saturated rings. The van der Waals surface area contributed by atoms with Gasteiger partial charge < -0.3 is 10.5 Å². The summed E-state index contributed by atoms with van der Waals surface area (Å²) in [6.45, 7) is 6.02. The van der Waals surface area contributed by atoms with Crippen molar-refractivity contribution in [2.45, 2.75) is 38.5 Å². The van der Waals surface area contributed by atoms with Crippen molar-refractivity contribution in [3.63, 3.8) is 0 Å². The first kappa shape index (κ1) is 15.4. The molecule has 0 saturated carbocycles.